The minimum absolute atomic E-state index is 0.179. The van der Waals surface area contributed by atoms with Gasteiger partial charge in [-0.3, -0.25) is 0 Å². The Bertz CT molecular complexity index is 601. The monoisotopic (exact) mass is 326 g/mol. The van der Waals surface area contributed by atoms with Gasteiger partial charge in [0.2, 0.25) is 5.28 Å². The Balaban J connectivity index is 2.36. The van der Waals surface area contributed by atoms with Crippen LogP contribution in [0.5, 0.6) is 0 Å². The lowest BCUT2D eigenvalue weighted by Gasteiger charge is -2.11. The Morgan fingerprint density at radius 1 is 1.28 bits per heavy atom. The predicted octanol–water partition coefficient (Wildman–Crippen LogP) is 3.84. The van der Waals surface area contributed by atoms with E-state index in [-0.39, 0.29) is 5.28 Å². The van der Waals surface area contributed by atoms with E-state index in [1.807, 2.05) is 25.1 Å². The lowest BCUT2D eigenvalue weighted by atomic mass is 10.2. The molecule has 0 atom stereocenters. The first-order valence-corrected chi connectivity index (χ1v) is 6.47. The lowest BCUT2D eigenvalue weighted by molar-refractivity contribution is 1.11. The van der Waals surface area contributed by atoms with Gasteiger partial charge in [0.25, 0.3) is 0 Å². The van der Waals surface area contributed by atoms with Crippen molar-refractivity contribution in [2.24, 2.45) is 0 Å². The minimum atomic E-state index is 0.179. The maximum atomic E-state index is 5.91. The second-order valence-corrected chi connectivity index (χ2v) is 5.12. The maximum absolute atomic E-state index is 5.91. The third-order valence-corrected chi connectivity index (χ3v) is 3.59. The van der Waals surface area contributed by atoms with Crippen LogP contribution < -0.4 is 11.1 Å². The highest BCUT2D eigenvalue weighted by atomic mass is 79.9. The zero-order valence-corrected chi connectivity index (χ0v) is 12.3. The Morgan fingerprint density at radius 3 is 2.67 bits per heavy atom. The Labute approximate surface area is 119 Å². The average Bonchev–Trinajstić information content (AvgIpc) is 2.30. The first kappa shape index (κ1) is 13.1. The van der Waals surface area contributed by atoms with Crippen LogP contribution in [0.2, 0.25) is 5.28 Å². The number of rotatable bonds is 2. The summed E-state index contributed by atoms with van der Waals surface area (Å²) in [6.07, 6.45) is 0. The SMILES string of the molecule is Cc1cc(Nc2nc(Cl)nc(C)c2N)ccc1Br. The molecule has 0 aliphatic carbocycles. The van der Waals surface area contributed by atoms with E-state index in [2.05, 4.69) is 31.2 Å². The van der Waals surface area contributed by atoms with Gasteiger partial charge in [0, 0.05) is 10.2 Å². The molecule has 2 aromatic rings. The molecule has 0 saturated carbocycles. The van der Waals surface area contributed by atoms with Crippen LogP contribution in [0.15, 0.2) is 22.7 Å². The summed E-state index contributed by atoms with van der Waals surface area (Å²) in [4.78, 5) is 8.08. The van der Waals surface area contributed by atoms with Crippen molar-refractivity contribution in [3.05, 3.63) is 39.2 Å². The number of hydrogen-bond acceptors (Lipinski definition) is 4. The average molecular weight is 328 g/mol. The number of nitrogens with zero attached hydrogens (tertiary/aromatic N) is 2. The van der Waals surface area contributed by atoms with Crippen molar-refractivity contribution in [3.63, 3.8) is 0 Å². The summed E-state index contributed by atoms with van der Waals surface area (Å²) in [6, 6.07) is 5.89. The highest BCUT2D eigenvalue weighted by Crippen LogP contribution is 2.26. The van der Waals surface area contributed by atoms with Crippen LogP contribution in [0.3, 0.4) is 0 Å². The third kappa shape index (κ3) is 2.73. The molecule has 1 aromatic heterocycles. The minimum Gasteiger partial charge on any atom is -0.394 e. The van der Waals surface area contributed by atoms with E-state index in [1.165, 1.54) is 0 Å². The van der Waals surface area contributed by atoms with Crippen LogP contribution in [0.4, 0.5) is 17.2 Å². The van der Waals surface area contributed by atoms with Gasteiger partial charge in [0.05, 0.1) is 11.4 Å². The molecule has 2 rings (SSSR count). The molecule has 4 nitrogen and oxygen atoms in total. The number of benzene rings is 1. The van der Waals surface area contributed by atoms with E-state index in [4.69, 9.17) is 17.3 Å². The summed E-state index contributed by atoms with van der Waals surface area (Å²) in [6.45, 7) is 3.80. The molecule has 0 radical (unpaired) electrons. The van der Waals surface area contributed by atoms with E-state index < -0.39 is 0 Å². The molecule has 0 aliphatic rings. The maximum Gasteiger partial charge on any atom is 0.224 e. The quantitative estimate of drug-likeness (QED) is 0.823. The fraction of sp³-hybridized carbons (Fsp3) is 0.167. The van der Waals surface area contributed by atoms with Gasteiger partial charge in [0.1, 0.15) is 0 Å². The van der Waals surface area contributed by atoms with Crippen molar-refractivity contribution in [1.29, 1.82) is 0 Å². The molecule has 6 heteroatoms. The lowest BCUT2D eigenvalue weighted by Crippen LogP contribution is -2.03. The first-order valence-electron chi connectivity index (χ1n) is 5.30. The number of hydrogen-bond donors (Lipinski definition) is 2. The van der Waals surface area contributed by atoms with Crippen molar-refractivity contribution < 1.29 is 0 Å². The van der Waals surface area contributed by atoms with E-state index in [9.17, 15) is 0 Å². The topological polar surface area (TPSA) is 63.8 Å². The Hall–Kier alpha value is -1.33. The van der Waals surface area contributed by atoms with Gasteiger partial charge in [0.15, 0.2) is 5.82 Å². The van der Waals surface area contributed by atoms with Crippen molar-refractivity contribution >= 4 is 44.7 Å². The number of nitrogens with two attached hydrogens (primary N) is 1. The molecule has 0 amide bonds. The van der Waals surface area contributed by atoms with Crippen molar-refractivity contribution in [1.82, 2.24) is 9.97 Å². The molecule has 0 spiro atoms. The van der Waals surface area contributed by atoms with Crippen LogP contribution in [-0.4, -0.2) is 9.97 Å². The summed E-state index contributed by atoms with van der Waals surface area (Å²) >= 11 is 9.27. The van der Waals surface area contributed by atoms with E-state index in [0.717, 1.165) is 15.7 Å². The van der Waals surface area contributed by atoms with Crippen LogP contribution in [-0.2, 0) is 0 Å². The molecule has 0 bridgehead atoms. The van der Waals surface area contributed by atoms with Crippen molar-refractivity contribution in [3.8, 4) is 0 Å². The number of aromatic nitrogens is 2. The molecule has 0 aliphatic heterocycles. The zero-order valence-electron chi connectivity index (χ0n) is 9.96. The largest absolute Gasteiger partial charge is 0.394 e. The van der Waals surface area contributed by atoms with Crippen LogP contribution in [0.1, 0.15) is 11.3 Å². The van der Waals surface area contributed by atoms with Crippen molar-refractivity contribution in [2.75, 3.05) is 11.1 Å². The number of aryl methyl sites for hydroxylation is 2. The highest BCUT2D eigenvalue weighted by Gasteiger charge is 2.08. The molecule has 1 aromatic carbocycles. The fourth-order valence-electron chi connectivity index (χ4n) is 1.50. The normalized spacial score (nSPS) is 10.4. The first-order chi connectivity index (χ1) is 8.47. The Kier molecular flexibility index (Phi) is 3.73. The Morgan fingerprint density at radius 2 is 2.00 bits per heavy atom. The summed E-state index contributed by atoms with van der Waals surface area (Å²) in [5, 5.41) is 3.32. The van der Waals surface area contributed by atoms with Gasteiger partial charge < -0.3 is 11.1 Å². The number of anilines is 3. The second-order valence-electron chi connectivity index (χ2n) is 3.93. The molecule has 0 fully saturated rings. The second kappa shape index (κ2) is 5.12. The smallest absolute Gasteiger partial charge is 0.224 e. The van der Waals surface area contributed by atoms with E-state index in [1.54, 1.807) is 6.92 Å². The van der Waals surface area contributed by atoms with Gasteiger partial charge >= 0.3 is 0 Å². The summed E-state index contributed by atoms with van der Waals surface area (Å²) in [5.41, 5.74) is 9.09. The van der Waals surface area contributed by atoms with Crippen LogP contribution >= 0.6 is 27.5 Å². The van der Waals surface area contributed by atoms with E-state index in [0.29, 0.717) is 17.2 Å². The summed E-state index contributed by atoms with van der Waals surface area (Å²) in [7, 11) is 0. The molecule has 18 heavy (non-hydrogen) atoms. The third-order valence-electron chi connectivity index (χ3n) is 2.53. The van der Waals surface area contributed by atoms with Gasteiger partial charge in [-0.15, -0.1) is 0 Å². The standard InChI is InChI=1S/C12H12BrClN4/c1-6-5-8(3-4-9(6)13)17-11-10(15)7(2)16-12(14)18-11/h3-5H,15H2,1-2H3,(H,16,17,18). The van der Waals surface area contributed by atoms with Gasteiger partial charge in [-0.25, -0.2) is 4.98 Å². The highest BCUT2D eigenvalue weighted by molar-refractivity contribution is 9.10. The molecule has 1 heterocycles. The summed E-state index contributed by atoms with van der Waals surface area (Å²) < 4.78 is 1.05. The summed E-state index contributed by atoms with van der Waals surface area (Å²) in [5.74, 6) is 0.522. The molecule has 3 N–H and O–H groups in total. The van der Waals surface area contributed by atoms with Gasteiger partial charge in [-0.1, -0.05) is 15.9 Å². The van der Waals surface area contributed by atoms with E-state index >= 15 is 0 Å². The van der Waals surface area contributed by atoms with Crippen molar-refractivity contribution in [2.45, 2.75) is 13.8 Å². The number of halogens is 2. The molecule has 0 saturated heterocycles. The zero-order chi connectivity index (χ0) is 13.3. The molecular formula is C12H12BrClN4. The number of nitrogens with one attached hydrogen (secondary N) is 1. The fourth-order valence-corrected chi connectivity index (χ4v) is 1.96. The molecular weight excluding hydrogens is 316 g/mol. The van der Waals surface area contributed by atoms with Gasteiger partial charge in [-0.2, -0.15) is 4.98 Å². The predicted molar refractivity (Wildman–Crippen MR) is 78.4 cm³/mol. The molecule has 0 unspecified atom stereocenters. The number of nitrogen functional groups attached to an aromatic ring is 1. The van der Waals surface area contributed by atoms with Crippen LogP contribution in [0.25, 0.3) is 0 Å². The van der Waals surface area contributed by atoms with Crippen LogP contribution in [0, 0.1) is 13.8 Å². The molecule has 94 valence electrons. The van der Waals surface area contributed by atoms with Gasteiger partial charge in [-0.05, 0) is 49.2 Å².